The Morgan fingerprint density at radius 1 is 1.28 bits per heavy atom. The molecule has 1 heterocycles. The molecule has 18 heavy (non-hydrogen) atoms. The molecular formula is C14H12N2O2. The van der Waals surface area contributed by atoms with Crippen molar-refractivity contribution in [2.45, 2.75) is 6.54 Å². The van der Waals surface area contributed by atoms with E-state index in [1.807, 2.05) is 12.1 Å². The predicted octanol–water partition coefficient (Wildman–Crippen LogP) is 1.78. The molecule has 0 fully saturated rings. The van der Waals surface area contributed by atoms with Crippen molar-refractivity contribution in [1.82, 2.24) is 4.57 Å². The number of nitriles is 1. The van der Waals surface area contributed by atoms with Crippen LogP contribution in [-0.4, -0.2) is 11.7 Å². The SMILES string of the molecule is COc1cccn(Cc2ccccc2C#N)c1=O. The smallest absolute Gasteiger partial charge is 0.293 e. The highest BCUT2D eigenvalue weighted by atomic mass is 16.5. The number of methoxy groups -OCH3 is 1. The van der Waals surface area contributed by atoms with Gasteiger partial charge in [-0.3, -0.25) is 4.79 Å². The van der Waals surface area contributed by atoms with Crippen molar-refractivity contribution in [3.8, 4) is 11.8 Å². The van der Waals surface area contributed by atoms with Gasteiger partial charge in [-0.15, -0.1) is 0 Å². The molecule has 0 spiro atoms. The molecule has 0 aliphatic carbocycles. The normalized spacial score (nSPS) is 9.78. The van der Waals surface area contributed by atoms with E-state index in [1.54, 1.807) is 30.5 Å². The number of pyridine rings is 1. The molecule has 0 saturated heterocycles. The van der Waals surface area contributed by atoms with E-state index in [1.165, 1.54) is 11.7 Å². The van der Waals surface area contributed by atoms with Crippen LogP contribution in [0.25, 0.3) is 0 Å². The molecule has 0 bridgehead atoms. The van der Waals surface area contributed by atoms with E-state index >= 15 is 0 Å². The van der Waals surface area contributed by atoms with Gasteiger partial charge in [0.1, 0.15) is 0 Å². The van der Waals surface area contributed by atoms with Gasteiger partial charge in [-0.05, 0) is 23.8 Å². The summed E-state index contributed by atoms with van der Waals surface area (Å²) in [4.78, 5) is 12.0. The second-order valence-electron chi connectivity index (χ2n) is 3.78. The third-order valence-corrected chi connectivity index (χ3v) is 2.68. The van der Waals surface area contributed by atoms with Gasteiger partial charge < -0.3 is 9.30 Å². The van der Waals surface area contributed by atoms with E-state index in [4.69, 9.17) is 10.00 Å². The van der Waals surface area contributed by atoms with Crippen LogP contribution in [0.2, 0.25) is 0 Å². The van der Waals surface area contributed by atoms with Crippen LogP contribution in [-0.2, 0) is 6.54 Å². The predicted molar refractivity (Wildman–Crippen MR) is 67.5 cm³/mol. The summed E-state index contributed by atoms with van der Waals surface area (Å²) in [5, 5.41) is 9.00. The van der Waals surface area contributed by atoms with Crippen molar-refractivity contribution in [2.24, 2.45) is 0 Å². The summed E-state index contributed by atoms with van der Waals surface area (Å²) in [5.41, 5.74) is 1.19. The lowest BCUT2D eigenvalue weighted by molar-refractivity contribution is 0.403. The highest BCUT2D eigenvalue weighted by Gasteiger charge is 2.06. The number of hydrogen-bond acceptors (Lipinski definition) is 3. The largest absolute Gasteiger partial charge is 0.491 e. The van der Waals surface area contributed by atoms with Crippen molar-refractivity contribution >= 4 is 0 Å². The zero-order chi connectivity index (χ0) is 13.0. The van der Waals surface area contributed by atoms with Gasteiger partial charge in [-0.25, -0.2) is 0 Å². The highest BCUT2D eigenvalue weighted by Crippen LogP contribution is 2.09. The van der Waals surface area contributed by atoms with E-state index in [2.05, 4.69) is 6.07 Å². The van der Waals surface area contributed by atoms with Gasteiger partial charge in [0.25, 0.3) is 5.56 Å². The fraction of sp³-hybridized carbons (Fsp3) is 0.143. The highest BCUT2D eigenvalue weighted by molar-refractivity contribution is 5.37. The minimum absolute atomic E-state index is 0.201. The minimum atomic E-state index is -0.201. The molecule has 1 aromatic heterocycles. The first-order chi connectivity index (χ1) is 8.76. The van der Waals surface area contributed by atoms with Crippen LogP contribution in [0.15, 0.2) is 47.4 Å². The third-order valence-electron chi connectivity index (χ3n) is 2.68. The molecule has 2 rings (SSSR count). The molecule has 0 aliphatic heterocycles. The summed E-state index contributed by atoms with van der Waals surface area (Å²) in [5.74, 6) is 0.298. The van der Waals surface area contributed by atoms with Crippen LogP contribution in [0.5, 0.6) is 5.75 Å². The van der Waals surface area contributed by atoms with Gasteiger partial charge in [-0.1, -0.05) is 18.2 Å². The van der Waals surface area contributed by atoms with Crippen LogP contribution in [0, 0.1) is 11.3 Å². The number of rotatable bonds is 3. The molecule has 1 aromatic carbocycles. The number of benzene rings is 1. The Morgan fingerprint density at radius 2 is 2.06 bits per heavy atom. The lowest BCUT2D eigenvalue weighted by atomic mass is 10.1. The van der Waals surface area contributed by atoms with Crippen LogP contribution in [0.1, 0.15) is 11.1 Å². The third kappa shape index (κ3) is 2.25. The quantitative estimate of drug-likeness (QED) is 0.821. The summed E-state index contributed by atoms with van der Waals surface area (Å²) in [7, 11) is 1.46. The Bertz CT molecular complexity index is 653. The lowest BCUT2D eigenvalue weighted by Gasteiger charge is -2.08. The molecule has 0 N–H and O–H groups in total. The molecule has 0 amide bonds. The standard InChI is InChI=1S/C14H12N2O2/c1-18-13-7-4-8-16(14(13)17)10-12-6-3-2-5-11(12)9-15/h2-8H,10H2,1H3. The van der Waals surface area contributed by atoms with Gasteiger partial charge in [0.2, 0.25) is 0 Å². The summed E-state index contributed by atoms with van der Waals surface area (Å²) in [6.07, 6.45) is 1.68. The van der Waals surface area contributed by atoms with Crippen molar-refractivity contribution in [3.63, 3.8) is 0 Å². The first-order valence-electron chi connectivity index (χ1n) is 5.47. The lowest BCUT2D eigenvalue weighted by Crippen LogP contribution is -2.21. The van der Waals surface area contributed by atoms with E-state index in [-0.39, 0.29) is 5.56 Å². The molecule has 0 atom stereocenters. The number of hydrogen-bond donors (Lipinski definition) is 0. The maximum Gasteiger partial charge on any atom is 0.293 e. The summed E-state index contributed by atoms with van der Waals surface area (Å²) >= 11 is 0. The molecule has 0 saturated carbocycles. The number of ether oxygens (including phenoxy) is 1. The fourth-order valence-corrected chi connectivity index (χ4v) is 1.75. The van der Waals surface area contributed by atoms with Gasteiger partial charge in [-0.2, -0.15) is 5.26 Å². The van der Waals surface area contributed by atoms with Crippen molar-refractivity contribution < 1.29 is 4.74 Å². The van der Waals surface area contributed by atoms with E-state index in [0.29, 0.717) is 17.9 Å². The Morgan fingerprint density at radius 3 is 2.78 bits per heavy atom. The van der Waals surface area contributed by atoms with Gasteiger partial charge >= 0.3 is 0 Å². The molecule has 2 aromatic rings. The van der Waals surface area contributed by atoms with Crippen molar-refractivity contribution in [3.05, 3.63) is 64.1 Å². The van der Waals surface area contributed by atoms with E-state index in [9.17, 15) is 4.79 Å². The second kappa shape index (κ2) is 5.19. The van der Waals surface area contributed by atoms with E-state index < -0.39 is 0 Å². The maximum absolute atomic E-state index is 12.0. The number of aromatic nitrogens is 1. The summed E-state index contributed by atoms with van der Waals surface area (Å²) in [6.45, 7) is 0.361. The van der Waals surface area contributed by atoms with E-state index in [0.717, 1.165) is 5.56 Å². The Labute approximate surface area is 105 Å². The Hall–Kier alpha value is -2.54. The zero-order valence-corrected chi connectivity index (χ0v) is 9.96. The Kier molecular flexibility index (Phi) is 3.44. The topological polar surface area (TPSA) is 55.0 Å². The molecule has 0 unspecified atom stereocenters. The second-order valence-corrected chi connectivity index (χ2v) is 3.78. The van der Waals surface area contributed by atoms with Crippen LogP contribution in [0.3, 0.4) is 0 Å². The molecular weight excluding hydrogens is 228 g/mol. The fourth-order valence-electron chi connectivity index (χ4n) is 1.75. The van der Waals surface area contributed by atoms with Crippen molar-refractivity contribution in [1.29, 1.82) is 5.26 Å². The molecule has 0 aliphatic rings. The van der Waals surface area contributed by atoms with Crippen LogP contribution in [0.4, 0.5) is 0 Å². The van der Waals surface area contributed by atoms with Gasteiger partial charge in [0.15, 0.2) is 5.75 Å². The average Bonchev–Trinajstić information content (AvgIpc) is 2.42. The van der Waals surface area contributed by atoms with Gasteiger partial charge in [0.05, 0.1) is 25.3 Å². The monoisotopic (exact) mass is 240 g/mol. The summed E-state index contributed by atoms with van der Waals surface area (Å²) in [6, 6.07) is 12.7. The summed E-state index contributed by atoms with van der Waals surface area (Å²) < 4.78 is 6.50. The molecule has 4 heteroatoms. The zero-order valence-electron chi connectivity index (χ0n) is 9.96. The minimum Gasteiger partial charge on any atom is -0.491 e. The van der Waals surface area contributed by atoms with Crippen LogP contribution < -0.4 is 10.3 Å². The molecule has 0 radical (unpaired) electrons. The number of nitrogens with zero attached hydrogens (tertiary/aromatic N) is 2. The van der Waals surface area contributed by atoms with Gasteiger partial charge in [0, 0.05) is 6.20 Å². The first-order valence-corrected chi connectivity index (χ1v) is 5.47. The maximum atomic E-state index is 12.0. The Balaban J connectivity index is 2.41. The first kappa shape index (κ1) is 11.9. The van der Waals surface area contributed by atoms with Crippen LogP contribution >= 0.6 is 0 Å². The van der Waals surface area contributed by atoms with Crippen molar-refractivity contribution in [2.75, 3.05) is 7.11 Å². The molecule has 90 valence electrons. The average molecular weight is 240 g/mol. The molecule has 4 nitrogen and oxygen atoms in total.